The molecule has 0 aliphatic rings. The largest absolute Gasteiger partial charge is 0.481 e. The van der Waals surface area contributed by atoms with Gasteiger partial charge in [0.25, 0.3) is 0 Å². The molecular weight excluding hydrogens is 466 g/mol. The van der Waals surface area contributed by atoms with Gasteiger partial charge < -0.3 is 48.5 Å². The van der Waals surface area contributed by atoms with E-state index in [2.05, 4.69) is 20.9 Å². The van der Waals surface area contributed by atoms with Gasteiger partial charge in [0.2, 0.25) is 17.7 Å². The normalized spacial score (nSPS) is 15.1. The fourth-order valence-electron chi connectivity index (χ4n) is 2.96. The molecule has 5 atom stereocenters. The summed E-state index contributed by atoms with van der Waals surface area (Å²) in [6, 6.07) is -5.61. The van der Waals surface area contributed by atoms with E-state index in [-0.39, 0.29) is 31.3 Å². The molecule has 3 amide bonds. The van der Waals surface area contributed by atoms with Gasteiger partial charge in [0.15, 0.2) is 5.96 Å². The maximum absolute atomic E-state index is 12.7. The van der Waals surface area contributed by atoms with Gasteiger partial charge in [0.1, 0.15) is 18.1 Å². The minimum atomic E-state index is -1.69. The van der Waals surface area contributed by atoms with Crippen LogP contribution in [-0.2, 0) is 24.0 Å². The van der Waals surface area contributed by atoms with E-state index in [1.54, 1.807) is 0 Å². The summed E-state index contributed by atoms with van der Waals surface area (Å²) in [5.74, 6) is -5.80. The summed E-state index contributed by atoms with van der Waals surface area (Å²) in [5.41, 5.74) is 16.2. The maximum Gasteiger partial charge on any atom is 0.326 e. The number of nitrogens with two attached hydrogens (primary N) is 3. The first-order valence-corrected chi connectivity index (χ1v) is 11.0. The van der Waals surface area contributed by atoms with Crippen molar-refractivity contribution in [3.05, 3.63) is 0 Å². The molecule has 0 aliphatic heterocycles. The molecular formula is C20H37N7O8. The second kappa shape index (κ2) is 15.4. The molecule has 0 aromatic heterocycles. The highest BCUT2D eigenvalue weighted by molar-refractivity contribution is 5.95. The van der Waals surface area contributed by atoms with Gasteiger partial charge >= 0.3 is 11.9 Å². The van der Waals surface area contributed by atoms with Crippen molar-refractivity contribution in [1.29, 1.82) is 0 Å². The SMILES string of the molecule is CC(C)CC(N)C(=O)NC(C(=O)NC(CC(=O)O)C(=O)NC(CCCN=C(N)N)C(=O)O)C(C)O. The van der Waals surface area contributed by atoms with Gasteiger partial charge in [-0.15, -0.1) is 0 Å². The van der Waals surface area contributed by atoms with Crippen LogP contribution >= 0.6 is 0 Å². The molecule has 12 N–H and O–H groups in total. The summed E-state index contributed by atoms with van der Waals surface area (Å²) < 4.78 is 0. The van der Waals surface area contributed by atoms with Gasteiger partial charge in [-0.2, -0.15) is 0 Å². The summed E-state index contributed by atoms with van der Waals surface area (Å²) >= 11 is 0. The van der Waals surface area contributed by atoms with Gasteiger partial charge in [-0.1, -0.05) is 13.8 Å². The second-order valence-electron chi connectivity index (χ2n) is 8.47. The smallest absolute Gasteiger partial charge is 0.326 e. The molecule has 15 nitrogen and oxygen atoms in total. The highest BCUT2D eigenvalue weighted by atomic mass is 16.4. The topological polar surface area (TPSA) is 273 Å². The molecule has 0 fully saturated rings. The molecule has 0 bridgehead atoms. The van der Waals surface area contributed by atoms with E-state index in [0.29, 0.717) is 6.42 Å². The van der Waals surface area contributed by atoms with Crippen molar-refractivity contribution in [2.24, 2.45) is 28.1 Å². The van der Waals surface area contributed by atoms with Gasteiger partial charge in [0.05, 0.1) is 18.6 Å². The van der Waals surface area contributed by atoms with Crippen LogP contribution in [0.15, 0.2) is 4.99 Å². The maximum atomic E-state index is 12.7. The molecule has 200 valence electrons. The summed E-state index contributed by atoms with van der Waals surface area (Å²) in [5, 5.41) is 35.1. The molecule has 15 heteroatoms. The Bertz CT molecular complexity index is 783. The number of rotatable bonds is 16. The zero-order chi connectivity index (χ0) is 27.3. The lowest BCUT2D eigenvalue weighted by molar-refractivity contribution is -0.144. The van der Waals surface area contributed by atoms with E-state index in [1.807, 2.05) is 13.8 Å². The number of aliphatic carboxylic acids is 2. The number of amides is 3. The van der Waals surface area contributed by atoms with Crippen LogP contribution < -0.4 is 33.2 Å². The Morgan fingerprint density at radius 1 is 0.886 bits per heavy atom. The van der Waals surface area contributed by atoms with E-state index < -0.39 is 66.4 Å². The van der Waals surface area contributed by atoms with E-state index in [0.717, 1.165) is 0 Å². The Kier molecular flexibility index (Phi) is 13.9. The molecule has 0 saturated carbocycles. The Balaban J connectivity index is 5.41. The van der Waals surface area contributed by atoms with Crippen LogP contribution in [0.25, 0.3) is 0 Å². The number of aliphatic hydroxyl groups is 1. The van der Waals surface area contributed by atoms with Gasteiger partial charge in [-0.25, -0.2) is 4.79 Å². The van der Waals surface area contributed by atoms with Crippen molar-refractivity contribution < 1.29 is 39.3 Å². The van der Waals surface area contributed by atoms with Crippen LogP contribution in [0.4, 0.5) is 0 Å². The summed E-state index contributed by atoms with van der Waals surface area (Å²) in [4.78, 5) is 64.1. The lowest BCUT2D eigenvalue weighted by Gasteiger charge is -2.26. The third-order valence-electron chi connectivity index (χ3n) is 4.70. The molecule has 0 heterocycles. The van der Waals surface area contributed by atoms with Crippen LogP contribution in [0.3, 0.4) is 0 Å². The highest BCUT2D eigenvalue weighted by Gasteiger charge is 2.33. The molecule has 5 unspecified atom stereocenters. The van der Waals surface area contributed by atoms with Crippen LogP contribution in [-0.4, -0.2) is 87.8 Å². The molecule has 0 spiro atoms. The first kappa shape index (κ1) is 31.5. The minimum absolute atomic E-state index is 0.0777. The van der Waals surface area contributed by atoms with Crippen LogP contribution in [0, 0.1) is 5.92 Å². The number of carbonyl (C=O) groups is 5. The minimum Gasteiger partial charge on any atom is -0.481 e. The average molecular weight is 504 g/mol. The van der Waals surface area contributed by atoms with Gasteiger partial charge in [-0.05, 0) is 32.1 Å². The van der Waals surface area contributed by atoms with Crippen molar-refractivity contribution in [2.45, 2.75) is 76.7 Å². The molecule has 35 heavy (non-hydrogen) atoms. The van der Waals surface area contributed by atoms with Crippen molar-refractivity contribution in [3.63, 3.8) is 0 Å². The molecule has 0 aromatic carbocycles. The van der Waals surface area contributed by atoms with E-state index in [9.17, 15) is 34.2 Å². The monoisotopic (exact) mass is 503 g/mol. The van der Waals surface area contributed by atoms with Crippen LogP contribution in [0.1, 0.15) is 46.5 Å². The van der Waals surface area contributed by atoms with Gasteiger partial charge in [0, 0.05) is 6.54 Å². The number of nitrogens with one attached hydrogen (secondary N) is 3. The van der Waals surface area contributed by atoms with Crippen molar-refractivity contribution in [2.75, 3.05) is 6.54 Å². The Morgan fingerprint density at radius 3 is 1.91 bits per heavy atom. The number of carboxylic acids is 2. The lowest BCUT2D eigenvalue weighted by atomic mass is 10.0. The average Bonchev–Trinajstić information content (AvgIpc) is 2.71. The van der Waals surface area contributed by atoms with E-state index >= 15 is 0 Å². The summed E-state index contributed by atoms with van der Waals surface area (Å²) in [6.07, 6.45) is -1.88. The van der Waals surface area contributed by atoms with Crippen LogP contribution in [0.2, 0.25) is 0 Å². The summed E-state index contributed by atoms with van der Waals surface area (Å²) in [6.45, 7) is 4.99. The van der Waals surface area contributed by atoms with Crippen molar-refractivity contribution in [3.8, 4) is 0 Å². The molecule has 0 saturated heterocycles. The number of carbonyl (C=O) groups excluding carboxylic acids is 3. The fraction of sp³-hybridized carbons (Fsp3) is 0.700. The quantitative estimate of drug-likeness (QED) is 0.0574. The standard InChI is InChI=1S/C20H37N7O8/c1-9(2)7-11(21)16(31)27-15(10(3)28)18(33)26-13(8-14(29)30)17(32)25-12(19(34)35)5-4-6-24-20(22)23/h9-13,15,28H,4-8,21H2,1-3H3,(H,25,32)(H,26,33)(H,27,31)(H,29,30)(H,34,35)(H4,22,23,24). The third-order valence-corrected chi connectivity index (χ3v) is 4.70. The second-order valence-corrected chi connectivity index (χ2v) is 8.47. The number of aliphatic imine (C=N–C) groups is 1. The molecule has 0 aliphatic carbocycles. The third kappa shape index (κ3) is 13.1. The molecule has 0 aromatic rings. The number of nitrogens with zero attached hydrogens (tertiary/aromatic N) is 1. The zero-order valence-corrected chi connectivity index (χ0v) is 20.1. The van der Waals surface area contributed by atoms with Crippen molar-refractivity contribution in [1.82, 2.24) is 16.0 Å². The predicted octanol–water partition coefficient (Wildman–Crippen LogP) is -3.19. The van der Waals surface area contributed by atoms with Gasteiger partial charge in [-0.3, -0.25) is 24.2 Å². The fourth-order valence-corrected chi connectivity index (χ4v) is 2.96. The lowest BCUT2D eigenvalue weighted by Crippen LogP contribution is -2.60. The molecule has 0 radical (unpaired) electrons. The number of hydrogen-bond donors (Lipinski definition) is 9. The predicted molar refractivity (Wildman–Crippen MR) is 125 cm³/mol. The molecule has 0 rings (SSSR count). The Hall–Kier alpha value is -3.46. The van der Waals surface area contributed by atoms with Crippen molar-refractivity contribution >= 4 is 35.6 Å². The number of carboxylic acid groups (broad SMARTS) is 2. The Labute approximate surface area is 202 Å². The Morgan fingerprint density at radius 2 is 1.46 bits per heavy atom. The van der Waals surface area contributed by atoms with E-state index in [4.69, 9.17) is 22.3 Å². The number of aliphatic hydroxyl groups excluding tert-OH is 1. The first-order chi connectivity index (χ1) is 16.1. The highest BCUT2D eigenvalue weighted by Crippen LogP contribution is 2.05. The number of guanidine groups is 1. The summed E-state index contributed by atoms with van der Waals surface area (Å²) in [7, 11) is 0. The first-order valence-electron chi connectivity index (χ1n) is 11.0. The van der Waals surface area contributed by atoms with E-state index in [1.165, 1.54) is 6.92 Å². The zero-order valence-electron chi connectivity index (χ0n) is 20.1. The van der Waals surface area contributed by atoms with Crippen LogP contribution in [0.5, 0.6) is 0 Å². The number of hydrogen-bond acceptors (Lipinski definition) is 8.